The van der Waals surface area contributed by atoms with Crippen LogP contribution in [0.1, 0.15) is 30.6 Å². The second-order valence-corrected chi connectivity index (χ2v) is 4.14. The lowest BCUT2D eigenvalue weighted by Crippen LogP contribution is -2.45. The summed E-state index contributed by atoms with van der Waals surface area (Å²) in [6.07, 6.45) is 0.779. The van der Waals surface area contributed by atoms with Crippen molar-refractivity contribution in [2.75, 3.05) is 6.54 Å². The normalized spacial score (nSPS) is 11.8. The van der Waals surface area contributed by atoms with Gasteiger partial charge in [0.05, 0.1) is 0 Å². The zero-order valence-electron chi connectivity index (χ0n) is 10.8. The molecule has 104 valence electrons. The Morgan fingerprint density at radius 1 is 1.21 bits per heavy atom. The van der Waals surface area contributed by atoms with Crippen molar-refractivity contribution in [3.05, 3.63) is 35.4 Å². The number of carbonyl (C=O) groups is 2. The number of amides is 2. The highest BCUT2D eigenvalue weighted by Crippen LogP contribution is 2.08. The van der Waals surface area contributed by atoms with Crippen LogP contribution in [-0.4, -0.2) is 24.4 Å². The molecule has 0 saturated heterocycles. The molecule has 1 rings (SSSR count). The summed E-state index contributed by atoms with van der Waals surface area (Å²) in [6.45, 7) is 3.91. The van der Waals surface area contributed by atoms with E-state index in [1.165, 1.54) is 6.92 Å². The fourth-order valence-corrected chi connectivity index (χ4v) is 1.43. The number of hydrogen-bond acceptors (Lipinski definition) is 2. The molecule has 1 aromatic rings. The maximum Gasteiger partial charge on any atom is 0.252 e. The van der Waals surface area contributed by atoms with Crippen molar-refractivity contribution >= 4 is 11.8 Å². The van der Waals surface area contributed by atoms with E-state index in [9.17, 15) is 18.4 Å². The van der Waals surface area contributed by atoms with Crippen LogP contribution in [0.2, 0.25) is 0 Å². The van der Waals surface area contributed by atoms with Crippen molar-refractivity contribution in [2.45, 2.75) is 26.3 Å². The molecule has 6 heteroatoms. The minimum Gasteiger partial charge on any atom is -0.354 e. The van der Waals surface area contributed by atoms with Gasteiger partial charge in [-0.15, -0.1) is 0 Å². The van der Waals surface area contributed by atoms with Crippen LogP contribution in [0.25, 0.3) is 0 Å². The number of halogens is 2. The van der Waals surface area contributed by atoms with E-state index in [1.54, 1.807) is 0 Å². The Balaban J connectivity index is 2.66. The lowest BCUT2D eigenvalue weighted by atomic mass is 10.2. The quantitative estimate of drug-likeness (QED) is 0.854. The number of carbonyl (C=O) groups excluding carboxylic acids is 2. The second-order valence-electron chi connectivity index (χ2n) is 4.14. The van der Waals surface area contributed by atoms with Crippen molar-refractivity contribution in [2.24, 2.45) is 0 Å². The first-order valence-electron chi connectivity index (χ1n) is 5.98. The van der Waals surface area contributed by atoms with Gasteiger partial charge in [0.1, 0.15) is 17.7 Å². The molecule has 1 aromatic carbocycles. The third-order valence-corrected chi connectivity index (χ3v) is 2.41. The molecule has 0 fully saturated rings. The topological polar surface area (TPSA) is 58.2 Å². The summed E-state index contributed by atoms with van der Waals surface area (Å²) < 4.78 is 25.9. The van der Waals surface area contributed by atoms with Gasteiger partial charge >= 0.3 is 0 Å². The van der Waals surface area contributed by atoms with Gasteiger partial charge < -0.3 is 10.6 Å². The molecule has 4 nitrogen and oxygen atoms in total. The van der Waals surface area contributed by atoms with E-state index in [0.29, 0.717) is 12.6 Å². The lowest BCUT2D eigenvalue weighted by Gasteiger charge is -2.13. The van der Waals surface area contributed by atoms with Crippen molar-refractivity contribution < 1.29 is 18.4 Å². The van der Waals surface area contributed by atoms with E-state index in [2.05, 4.69) is 10.6 Å². The Hall–Kier alpha value is -1.98. The molecule has 0 aromatic heterocycles. The van der Waals surface area contributed by atoms with Gasteiger partial charge in [-0.2, -0.15) is 0 Å². The van der Waals surface area contributed by atoms with Crippen LogP contribution in [0.4, 0.5) is 8.78 Å². The summed E-state index contributed by atoms with van der Waals surface area (Å²) in [5.74, 6) is -2.72. The lowest BCUT2D eigenvalue weighted by molar-refractivity contribution is -0.122. The number of benzene rings is 1. The molecule has 0 spiro atoms. The molecule has 0 unspecified atom stereocenters. The van der Waals surface area contributed by atoms with Gasteiger partial charge in [0.25, 0.3) is 5.91 Å². The van der Waals surface area contributed by atoms with Crippen LogP contribution < -0.4 is 10.6 Å². The maximum absolute atomic E-state index is 13.0. The Morgan fingerprint density at radius 3 is 2.32 bits per heavy atom. The number of hydrogen-bond donors (Lipinski definition) is 2. The first-order chi connectivity index (χ1) is 8.93. The molecular formula is C13H16F2N2O2. The maximum atomic E-state index is 13.0. The average molecular weight is 270 g/mol. The van der Waals surface area contributed by atoms with E-state index >= 15 is 0 Å². The van der Waals surface area contributed by atoms with Crippen LogP contribution in [0, 0.1) is 11.6 Å². The van der Waals surface area contributed by atoms with E-state index in [1.807, 2.05) is 6.92 Å². The first kappa shape index (κ1) is 15.1. The summed E-state index contributed by atoms with van der Waals surface area (Å²) in [5.41, 5.74) is -0.160. The van der Waals surface area contributed by atoms with Gasteiger partial charge in [0.2, 0.25) is 5.91 Å². The average Bonchev–Trinajstić information content (AvgIpc) is 2.34. The molecule has 0 saturated carbocycles. The molecule has 0 radical (unpaired) electrons. The summed E-state index contributed by atoms with van der Waals surface area (Å²) >= 11 is 0. The largest absolute Gasteiger partial charge is 0.354 e. The number of rotatable bonds is 5. The van der Waals surface area contributed by atoms with Gasteiger partial charge in [-0.05, 0) is 25.5 Å². The summed E-state index contributed by atoms with van der Waals surface area (Å²) in [5, 5.41) is 4.98. The van der Waals surface area contributed by atoms with E-state index in [-0.39, 0.29) is 11.5 Å². The highest BCUT2D eigenvalue weighted by Gasteiger charge is 2.17. The molecule has 1 atom stereocenters. The van der Waals surface area contributed by atoms with E-state index in [4.69, 9.17) is 0 Å². The molecule has 0 bridgehead atoms. The highest BCUT2D eigenvalue weighted by atomic mass is 19.1. The zero-order chi connectivity index (χ0) is 14.4. The summed E-state index contributed by atoms with van der Waals surface area (Å²) in [7, 11) is 0. The molecule has 0 aliphatic heterocycles. The Kier molecular flexibility index (Phi) is 5.41. The van der Waals surface area contributed by atoms with Crippen molar-refractivity contribution in [1.82, 2.24) is 10.6 Å². The molecular weight excluding hydrogens is 254 g/mol. The van der Waals surface area contributed by atoms with E-state index < -0.39 is 23.6 Å². The SMILES string of the molecule is CCCNC(=O)[C@@H](C)NC(=O)c1cc(F)cc(F)c1. The Morgan fingerprint density at radius 2 is 1.79 bits per heavy atom. The van der Waals surface area contributed by atoms with Crippen LogP contribution in [0.5, 0.6) is 0 Å². The summed E-state index contributed by atoms with van der Waals surface area (Å²) in [4.78, 5) is 23.2. The van der Waals surface area contributed by atoms with Gasteiger partial charge in [0, 0.05) is 18.2 Å². The fraction of sp³-hybridized carbons (Fsp3) is 0.385. The molecule has 0 aliphatic rings. The molecule has 0 heterocycles. The third kappa shape index (κ3) is 4.65. The van der Waals surface area contributed by atoms with Crippen LogP contribution in [-0.2, 0) is 4.79 Å². The monoisotopic (exact) mass is 270 g/mol. The minimum atomic E-state index is -0.840. The third-order valence-electron chi connectivity index (χ3n) is 2.41. The highest BCUT2D eigenvalue weighted by molar-refractivity contribution is 5.97. The van der Waals surface area contributed by atoms with Gasteiger partial charge in [-0.1, -0.05) is 6.92 Å². The number of nitrogens with one attached hydrogen (secondary N) is 2. The molecule has 19 heavy (non-hydrogen) atoms. The predicted octanol–water partition coefficient (Wildman–Crippen LogP) is 1.61. The smallest absolute Gasteiger partial charge is 0.252 e. The van der Waals surface area contributed by atoms with Gasteiger partial charge in [0.15, 0.2) is 0 Å². The van der Waals surface area contributed by atoms with Crippen molar-refractivity contribution in [3.8, 4) is 0 Å². The first-order valence-corrected chi connectivity index (χ1v) is 5.98. The summed E-state index contributed by atoms with van der Waals surface area (Å²) in [6, 6.07) is 1.73. The Bertz CT molecular complexity index is 457. The molecule has 2 amide bonds. The van der Waals surface area contributed by atoms with Crippen molar-refractivity contribution in [3.63, 3.8) is 0 Å². The molecule has 0 aliphatic carbocycles. The minimum absolute atomic E-state index is 0.160. The van der Waals surface area contributed by atoms with E-state index in [0.717, 1.165) is 18.6 Å². The van der Waals surface area contributed by atoms with Gasteiger partial charge in [-0.25, -0.2) is 8.78 Å². The predicted molar refractivity (Wildman–Crippen MR) is 66.6 cm³/mol. The fourth-order valence-electron chi connectivity index (χ4n) is 1.43. The van der Waals surface area contributed by atoms with Crippen LogP contribution in [0.3, 0.4) is 0 Å². The van der Waals surface area contributed by atoms with Crippen LogP contribution in [0.15, 0.2) is 18.2 Å². The van der Waals surface area contributed by atoms with Crippen LogP contribution >= 0.6 is 0 Å². The molecule has 2 N–H and O–H groups in total. The van der Waals surface area contributed by atoms with Crippen molar-refractivity contribution in [1.29, 1.82) is 0 Å². The standard InChI is InChI=1S/C13H16F2N2O2/c1-3-4-16-12(18)8(2)17-13(19)9-5-10(14)7-11(15)6-9/h5-8H,3-4H2,1-2H3,(H,16,18)(H,17,19)/t8-/m1/s1. The zero-order valence-corrected chi connectivity index (χ0v) is 10.8. The second kappa shape index (κ2) is 6.82. The Labute approximate surface area is 110 Å². The van der Waals surface area contributed by atoms with Gasteiger partial charge in [-0.3, -0.25) is 9.59 Å².